The highest BCUT2D eigenvalue weighted by molar-refractivity contribution is 6.30. The van der Waals surface area contributed by atoms with Crippen LogP contribution in [0.4, 0.5) is 10.2 Å². The predicted octanol–water partition coefficient (Wildman–Crippen LogP) is 5.16. The largest absolute Gasteiger partial charge is 0.378 e. The average molecular weight is 435 g/mol. The molecule has 1 aliphatic carbocycles. The maximum Gasteiger partial charge on any atom is 0.148 e. The Labute approximate surface area is 184 Å². The molecule has 0 N–H and O–H groups in total. The summed E-state index contributed by atoms with van der Waals surface area (Å²) in [5, 5.41) is 0.342. The summed E-state index contributed by atoms with van der Waals surface area (Å²) < 4.78 is 22.2. The molecule has 0 amide bonds. The van der Waals surface area contributed by atoms with Crippen LogP contribution in [0.15, 0.2) is 60.8 Å². The number of anilines is 1. The molecule has 0 saturated carbocycles. The lowest BCUT2D eigenvalue weighted by Gasteiger charge is -2.27. The average Bonchev–Trinajstić information content (AvgIpc) is 3.05. The maximum atomic E-state index is 14.9. The molecular formula is C24H20ClFN4O. The molecule has 2 aliphatic rings. The Morgan fingerprint density at radius 2 is 1.84 bits per heavy atom. The maximum absolute atomic E-state index is 14.9. The Morgan fingerprint density at radius 1 is 1.03 bits per heavy atom. The molecule has 156 valence electrons. The Hall–Kier alpha value is -3.22. The Kier molecular flexibility index (Phi) is 5.18. The summed E-state index contributed by atoms with van der Waals surface area (Å²) in [6, 6.07) is 8.58. The van der Waals surface area contributed by atoms with Crippen molar-refractivity contribution < 1.29 is 9.13 Å². The smallest absolute Gasteiger partial charge is 0.148 e. The predicted molar refractivity (Wildman–Crippen MR) is 122 cm³/mol. The number of aromatic nitrogens is 3. The van der Waals surface area contributed by atoms with Crippen molar-refractivity contribution in [3.05, 3.63) is 83.1 Å². The van der Waals surface area contributed by atoms with Crippen LogP contribution in [-0.4, -0.2) is 40.8 Å². The third-order valence-electron chi connectivity index (χ3n) is 5.34. The van der Waals surface area contributed by atoms with Gasteiger partial charge in [0.15, 0.2) is 0 Å². The summed E-state index contributed by atoms with van der Waals surface area (Å²) in [5.41, 5.74) is 3.51. The molecule has 3 heterocycles. The minimum absolute atomic E-state index is 0.342. The number of hydrogen-bond donors (Lipinski definition) is 0. The van der Waals surface area contributed by atoms with Gasteiger partial charge in [-0.2, -0.15) is 0 Å². The van der Waals surface area contributed by atoms with Crippen LogP contribution < -0.4 is 4.90 Å². The lowest BCUT2D eigenvalue weighted by atomic mass is 10.2. The first-order chi connectivity index (χ1) is 15.1. The highest BCUT2D eigenvalue weighted by Gasteiger charge is 2.21. The molecule has 0 unspecified atom stereocenters. The number of morpholine rings is 1. The number of hydrogen-bond acceptors (Lipinski definition) is 4. The van der Waals surface area contributed by atoms with Crippen LogP contribution in [0, 0.1) is 5.82 Å². The standard InChI is InChI=1S/C24H20ClFN4O/c1-16-2-6-20-22(7-3-16)30(21-8-5-18(25)14-19(21)26)24(28-20)17-4-9-23(27-15-17)29-10-12-31-13-11-29/h2-9,14-15H,1,10-13H2. The number of halogens is 2. The van der Waals surface area contributed by atoms with E-state index < -0.39 is 5.82 Å². The van der Waals surface area contributed by atoms with Crippen molar-refractivity contribution in [2.75, 3.05) is 31.2 Å². The Balaban J connectivity index is 1.63. The van der Waals surface area contributed by atoms with E-state index in [-0.39, 0.29) is 0 Å². The summed E-state index contributed by atoms with van der Waals surface area (Å²) in [7, 11) is 0. The van der Waals surface area contributed by atoms with Gasteiger partial charge in [-0.05, 0) is 48.1 Å². The van der Waals surface area contributed by atoms with Crippen LogP contribution in [0.3, 0.4) is 0 Å². The second-order valence-electron chi connectivity index (χ2n) is 7.38. The number of benzene rings is 1. The fraction of sp³-hybridized carbons (Fsp3) is 0.167. The van der Waals surface area contributed by atoms with Crippen LogP contribution in [0.1, 0.15) is 11.4 Å². The van der Waals surface area contributed by atoms with E-state index in [4.69, 9.17) is 21.3 Å². The van der Waals surface area contributed by atoms with Crippen LogP contribution in [0.2, 0.25) is 5.02 Å². The van der Waals surface area contributed by atoms with Gasteiger partial charge in [0, 0.05) is 29.9 Å². The minimum Gasteiger partial charge on any atom is -0.378 e. The zero-order chi connectivity index (χ0) is 21.4. The van der Waals surface area contributed by atoms with E-state index in [1.807, 2.05) is 36.4 Å². The van der Waals surface area contributed by atoms with Crippen molar-refractivity contribution in [3.8, 4) is 17.1 Å². The lowest BCUT2D eigenvalue weighted by Crippen LogP contribution is -2.36. The van der Waals surface area contributed by atoms with Gasteiger partial charge in [-0.3, -0.25) is 4.57 Å². The summed E-state index contributed by atoms with van der Waals surface area (Å²) >= 11 is 5.99. The molecule has 0 spiro atoms. The number of ether oxygens (including phenoxy) is 1. The van der Waals surface area contributed by atoms with Gasteiger partial charge in [0.05, 0.1) is 30.3 Å². The zero-order valence-electron chi connectivity index (χ0n) is 16.8. The number of imidazole rings is 1. The molecule has 0 bridgehead atoms. The molecule has 7 heteroatoms. The number of allylic oxidation sites excluding steroid dienone is 3. The number of pyridine rings is 1. The lowest BCUT2D eigenvalue weighted by molar-refractivity contribution is 0.122. The van der Waals surface area contributed by atoms with Gasteiger partial charge in [0.25, 0.3) is 0 Å². The molecule has 0 atom stereocenters. The minimum atomic E-state index is -0.424. The summed E-state index contributed by atoms with van der Waals surface area (Å²) in [4.78, 5) is 11.6. The van der Waals surface area contributed by atoms with Crippen LogP contribution >= 0.6 is 11.6 Å². The molecule has 1 aliphatic heterocycles. The molecule has 1 aromatic carbocycles. The summed E-state index contributed by atoms with van der Waals surface area (Å²) in [5.74, 6) is 1.07. The molecule has 5 rings (SSSR count). The van der Waals surface area contributed by atoms with E-state index in [0.29, 0.717) is 29.7 Å². The fourth-order valence-electron chi connectivity index (χ4n) is 3.76. The van der Waals surface area contributed by atoms with Gasteiger partial charge in [0.1, 0.15) is 17.5 Å². The molecule has 31 heavy (non-hydrogen) atoms. The van der Waals surface area contributed by atoms with Crippen LogP contribution in [-0.2, 0) is 4.74 Å². The number of fused-ring (bicyclic) bond motifs is 1. The summed E-state index contributed by atoms with van der Waals surface area (Å²) in [6.07, 6.45) is 9.35. The Morgan fingerprint density at radius 3 is 2.58 bits per heavy atom. The Bertz CT molecular complexity index is 1210. The first-order valence-electron chi connectivity index (χ1n) is 10.0. The highest BCUT2D eigenvalue weighted by Crippen LogP contribution is 2.32. The van der Waals surface area contributed by atoms with Crippen molar-refractivity contribution in [2.45, 2.75) is 0 Å². The van der Waals surface area contributed by atoms with Gasteiger partial charge < -0.3 is 9.64 Å². The zero-order valence-corrected chi connectivity index (χ0v) is 17.5. The van der Waals surface area contributed by atoms with Crippen molar-refractivity contribution in [1.82, 2.24) is 14.5 Å². The van der Waals surface area contributed by atoms with E-state index in [2.05, 4.69) is 16.5 Å². The SMILES string of the molecule is C=C1C=Cc2nc(-c3ccc(N4CCOCC4)nc3)n(-c3ccc(Cl)cc3F)c2C=C1. The third kappa shape index (κ3) is 3.80. The van der Waals surface area contributed by atoms with Crippen LogP contribution in [0.5, 0.6) is 0 Å². The van der Waals surface area contributed by atoms with E-state index in [1.165, 1.54) is 6.07 Å². The normalized spacial score (nSPS) is 15.8. The third-order valence-corrected chi connectivity index (χ3v) is 5.58. The molecule has 3 aromatic rings. The molecule has 1 fully saturated rings. The van der Waals surface area contributed by atoms with E-state index in [1.54, 1.807) is 22.9 Å². The fourth-order valence-corrected chi connectivity index (χ4v) is 3.92. The molecule has 0 radical (unpaired) electrons. The van der Waals surface area contributed by atoms with Gasteiger partial charge >= 0.3 is 0 Å². The first-order valence-corrected chi connectivity index (χ1v) is 10.4. The first kappa shape index (κ1) is 19.7. The van der Waals surface area contributed by atoms with Crippen molar-refractivity contribution in [1.29, 1.82) is 0 Å². The van der Waals surface area contributed by atoms with E-state index in [0.717, 1.165) is 41.4 Å². The van der Waals surface area contributed by atoms with Gasteiger partial charge in [-0.25, -0.2) is 14.4 Å². The second-order valence-corrected chi connectivity index (χ2v) is 7.82. The molecule has 1 saturated heterocycles. The molecular weight excluding hydrogens is 415 g/mol. The van der Waals surface area contributed by atoms with E-state index >= 15 is 0 Å². The van der Waals surface area contributed by atoms with Gasteiger partial charge in [0.2, 0.25) is 0 Å². The summed E-state index contributed by atoms with van der Waals surface area (Å²) in [6.45, 7) is 6.99. The topological polar surface area (TPSA) is 43.2 Å². The molecule has 2 aromatic heterocycles. The van der Waals surface area contributed by atoms with Gasteiger partial charge in [-0.15, -0.1) is 0 Å². The molecule has 5 nitrogen and oxygen atoms in total. The van der Waals surface area contributed by atoms with Crippen molar-refractivity contribution in [2.24, 2.45) is 0 Å². The van der Waals surface area contributed by atoms with Gasteiger partial charge in [-0.1, -0.05) is 30.3 Å². The van der Waals surface area contributed by atoms with Crippen LogP contribution in [0.25, 0.3) is 29.2 Å². The number of rotatable bonds is 3. The van der Waals surface area contributed by atoms with Crippen molar-refractivity contribution >= 4 is 29.6 Å². The van der Waals surface area contributed by atoms with E-state index in [9.17, 15) is 4.39 Å². The highest BCUT2D eigenvalue weighted by atomic mass is 35.5. The monoisotopic (exact) mass is 434 g/mol. The number of nitrogens with zero attached hydrogens (tertiary/aromatic N) is 4. The quantitative estimate of drug-likeness (QED) is 0.571. The second kappa shape index (κ2) is 8.13. The van der Waals surface area contributed by atoms with Crippen molar-refractivity contribution in [3.63, 3.8) is 0 Å².